The minimum absolute atomic E-state index is 0.0513. The molecule has 0 aromatic heterocycles. The molecule has 17 heavy (non-hydrogen) atoms. The Morgan fingerprint density at radius 1 is 1.53 bits per heavy atom. The van der Waals surface area contributed by atoms with Crippen LogP contribution in [0.4, 0.5) is 4.39 Å². The van der Waals surface area contributed by atoms with Crippen LogP contribution >= 0.6 is 0 Å². The molecule has 1 unspecified atom stereocenters. The second kappa shape index (κ2) is 5.47. The third kappa shape index (κ3) is 2.58. The number of benzene rings is 1. The van der Waals surface area contributed by atoms with Crippen molar-refractivity contribution in [2.24, 2.45) is 0 Å². The van der Waals surface area contributed by atoms with Gasteiger partial charge in [0.25, 0.3) is 0 Å². The molecule has 1 atom stereocenters. The lowest BCUT2D eigenvalue weighted by molar-refractivity contribution is 0.0261. The number of aryl methyl sites for hydroxylation is 1. The molecule has 0 amide bonds. The number of nitrogens with one attached hydrogen (secondary N) is 1. The maximum Gasteiger partial charge on any atom is 0.130 e. The Balaban J connectivity index is 2.35. The van der Waals surface area contributed by atoms with Crippen molar-refractivity contribution in [2.75, 3.05) is 26.8 Å². The van der Waals surface area contributed by atoms with Crippen LogP contribution in [0.15, 0.2) is 12.1 Å². The largest absolute Gasteiger partial charge is 0.496 e. The second-order valence-electron chi connectivity index (χ2n) is 4.10. The van der Waals surface area contributed by atoms with Gasteiger partial charge in [-0.05, 0) is 18.1 Å². The first-order valence-corrected chi connectivity index (χ1v) is 5.95. The van der Waals surface area contributed by atoms with Gasteiger partial charge in [-0.15, -0.1) is 0 Å². The molecule has 0 radical (unpaired) electrons. The summed E-state index contributed by atoms with van der Waals surface area (Å²) in [5.74, 6) is 0.352. The predicted molar refractivity (Wildman–Crippen MR) is 63.9 cm³/mol. The lowest BCUT2D eigenvalue weighted by atomic mass is 10.0. The topological polar surface area (TPSA) is 30.5 Å². The Kier molecular flexibility index (Phi) is 3.97. The number of halogens is 1. The van der Waals surface area contributed by atoms with Crippen molar-refractivity contribution >= 4 is 0 Å². The molecule has 1 aromatic carbocycles. The summed E-state index contributed by atoms with van der Waals surface area (Å²) < 4.78 is 24.6. The fourth-order valence-electron chi connectivity index (χ4n) is 2.08. The summed E-state index contributed by atoms with van der Waals surface area (Å²) in [5.41, 5.74) is 1.63. The van der Waals surface area contributed by atoms with Crippen LogP contribution in [-0.2, 0) is 11.2 Å². The minimum atomic E-state index is -0.211. The van der Waals surface area contributed by atoms with Gasteiger partial charge >= 0.3 is 0 Å². The average Bonchev–Trinajstić information content (AvgIpc) is 2.39. The van der Waals surface area contributed by atoms with Gasteiger partial charge in [-0.2, -0.15) is 0 Å². The van der Waals surface area contributed by atoms with Gasteiger partial charge in [-0.1, -0.05) is 6.92 Å². The zero-order valence-electron chi connectivity index (χ0n) is 10.3. The van der Waals surface area contributed by atoms with Gasteiger partial charge < -0.3 is 14.8 Å². The molecule has 1 fully saturated rings. The molecule has 0 saturated carbocycles. The van der Waals surface area contributed by atoms with E-state index in [4.69, 9.17) is 9.47 Å². The third-order valence-corrected chi connectivity index (χ3v) is 3.05. The Morgan fingerprint density at radius 3 is 2.94 bits per heavy atom. The number of methoxy groups -OCH3 is 1. The van der Waals surface area contributed by atoms with Crippen LogP contribution in [0.2, 0.25) is 0 Å². The summed E-state index contributed by atoms with van der Waals surface area (Å²) in [7, 11) is 1.56. The van der Waals surface area contributed by atoms with Crippen molar-refractivity contribution in [1.29, 1.82) is 0 Å². The van der Waals surface area contributed by atoms with E-state index in [9.17, 15) is 4.39 Å². The number of morpholine rings is 1. The Morgan fingerprint density at radius 2 is 2.35 bits per heavy atom. The van der Waals surface area contributed by atoms with E-state index in [0.29, 0.717) is 24.3 Å². The first kappa shape index (κ1) is 12.3. The van der Waals surface area contributed by atoms with E-state index in [2.05, 4.69) is 5.32 Å². The van der Waals surface area contributed by atoms with Crippen LogP contribution in [0.3, 0.4) is 0 Å². The standard InChI is InChI=1S/C13H18FNO2/c1-3-9-6-10(12(16-2)7-11(9)14)13-8-15-4-5-17-13/h6-7,13,15H,3-5,8H2,1-2H3. The molecular weight excluding hydrogens is 221 g/mol. The molecular formula is C13H18FNO2. The summed E-state index contributed by atoms with van der Waals surface area (Å²) in [6, 6.07) is 3.30. The third-order valence-electron chi connectivity index (χ3n) is 3.05. The summed E-state index contributed by atoms with van der Waals surface area (Å²) >= 11 is 0. The van der Waals surface area contributed by atoms with E-state index in [0.717, 1.165) is 18.7 Å². The van der Waals surface area contributed by atoms with E-state index in [1.54, 1.807) is 7.11 Å². The average molecular weight is 239 g/mol. The molecule has 2 rings (SSSR count). The van der Waals surface area contributed by atoms with E-state index < -0.39 is 0 Å². The maximum absolute atomic E-state index is 13.6. The summed E-state index contributed by atoms with van der Waals surface area (Å²) in [6.45, 7) is 4.22. The number of rotatable bonds is 3. The van der Waals surface area contributed by atoms with Gasteiger partial charge in [-0.25, -0.2) is 4.39 Å². The Labute approximate surface area is 101 Å². The summed E-state index contributed by atoms with van der Waals surface area (Å²) in [4.78, 5) is 0. The molecule has 1 saturated heterocycles. The highest BCUT2D eigenvalue weighted by atomic mass is 19.1. The minimum Gasteiger partial charge on any atom is -0.496 e. The van der Waals surface area contributed by atoms with E-state index in [1.807, 2.05) is 13.0 Å². The quantitative estimate of drug-likeness (QED) is 0.875. The van der Waals surface area contributed by atoms with E-state index >= 15 is 0 Å². The Hall–Kier alpha value is -1.13. The molecule has 1 aromatic rings. The number of hydrogen-bond donors (Lipinski definition) is 1. The summed E-state index contributed by atoms with van der Waals surface area (Å²) in [6.07, 6.45) is 0.618. The smallest absolute Gasteiger partial charge is 0.130 e. The first-order valence-electron chi connectivity index (χ1n) is 5.95. The van der Waals surface area contributed by atoms with Gasteiger partial charge in [0.05, 0.1) is 19.8 Å². The van der Waals surface area contributed by atoms with Crippen LogP contribution in [0.1, 0.15) is 24.2 Å². The van der Waals surface area contributed by atoms with E-state index in [1.165, 1.54) is 6.07 Å². The highest BCUT2D eigenvalue weighted by molar-refractivity contribution is 5.40. The predicted octanol–water partition coefficient (Wildman–Crippen LogP) is 2.06. The Bertz CT molecular complexity index is 389. The highest BCUT2D eigenvalue weighted by Gasteiger charge is 2.21. The van der Waals surface area contributed by atoms with Crippen LogP contribution in [0.5, 0.6) is 5.75 Å². The second-order valence-corrected chi connectivity index (χ2v) is 4.10. The van der Waals surface area contributed by atoms with E-state index in [-0.39, 0.29) is 11.9 Å². The first-order chi connectivity index (χ1) is 8.26. The lowest BCUT2D eigenvalue weighted by Crippen LogP contribution is -2.33. The molecule has 3 nitrogen and oxygen atoms in total. The zero-order chi connectivity index (χ0) is 12.3. The normalized spacial score (nSPS) is 20.3. The van der Waals surface area contributed by atoms with Gasteiger partial charge in [-0.3, -0.25) is 0 Å². The van der Waals surface area contributed by atoms with Crippen molar-refractivity contribution in [3.05, 3.63) is 29.1 Å². The number of hydrogen-bond acceptors (Lipinski definition) is 3. The fraction of sp³-hybridized carbons (Fsp3) is 0.538. The molecule has 0 bridgehead atoms. The lowest BCUT2D eigenvalue weighted by Gasteiger charge is -2.25. The molecule has 1 heterocycles. The van der Waals surface area contributed by atoms with Crippen molar-refractivity contribution in [3.63, 3.8) is 0 Å². The molecule has 94 valence electrons. The van der Waals surface area contributed by atoms with Crippen molar-refractivity contribution in [2.45, 2.75) is 19.4 Å². The van der Waals surface area contributed by atoms with Crippen LogP contribution in [0, 0.1) is 5.82 Å². The van der Waals surface area contributed by atoms with Crippen LogP contribution in [-0.4, -0.2) is 26.8 Å². The van der Waals surface area contributed by atoms with Crippen molar-refractivity contribution < 1.29 is 13.9 Å². The van der Waals surface area contributed by atoms with Gasteiger partial charge in [0.1, 0.15) is 11.6 Å². The highest BCUT2D eigenvalue weighted by Crippen LogP contribution is 2.31. The van der Waals surface area contributed by atoms with Gasteiger partial charge in [0, 0.05) is 24.7 Å². The summed E-state index contributed by atoms with van der Waals surface area (Å²) in [5, 5.41) is 3.26. The van der Waals surface area contributed by atoms with Gasteiger partial charge in [0.15, 0.2) is 0 Å². The molecule has 0 aliphatic carbocycles. The van der Waals surface area contributed by atoms with Crippen LogP contribution in [0.25, 0.3) is 0 Å². The zero-order valence-corrected chi connectivity index (χ0v) is 10.3. The molecule has 1 aliphatic heterocycles. The van der Waals surface area contributed by atoms with Crippen molar-refractivity contribution in [1.82, 2.24) is 5.32 Å². The maximum atomic E-state index is 13.6. The molecule has 0 spiro atoms. The SMILES string of the molecule is CCc1cc(C2CNCCO2)c(OC)cc1F. The van der Waals surface area contributed by atoms with Crippen molar-refractivity contribution in [3.8, 4) is 5.75 Å². The number of ether oxygens (including phenoxy) is 2. The van der Waals surface area contributed by atoms with Crippen LogP contribution < -0.4 is 10.1 Å². The molecule has 1 aliphatic rings. The van der Waals surface area contributed by atoms with Gasteiger partial charge in [0.2, 0.25) is 0 Å². The fourth-order valence-corrected chi connectivity index (χ4v) is 2.08. The molecule has 1 N–H and O–H groups in total. The molecule has 4 heteroatoms. The monoisotopic (exact) mass is 239 g/mol.